The molecule has 0 spiro atoms. The molecular formula is C10H22O3S2. The summed E-state index contributed by atoms with van der Waals surface area (Å²) in [6.07, 6.45) is 9.10. The van der Waals surface area contributed by atoms with Crippen LogP contribution in [0.3, 0.4) is 0 Å². The van der Waals surface area contributed by atoms with Crippen molar-refractivity contribution in [1.29, 1.82) is 0 Å². The topological polar surface area (TPSA) is 43.4 Å². The minimum absolute atomic E-state index is 0.0888. The Hall–Kier alpha value is 0.260. The molecule has 0 amide bonds. The van der Waals surface area contributed by atoms with Crippen LogP contribution in [0.4, 0.5) is 0 Å². The van der Waals surface area contributed by atoms with E-state index in [0.717, 1.165) is 12.8 Å². The first-order valence-electron chi connectivity index (χ1n) is 5.68. The van der Waals surface area contributed by atoms with Crippen LogP contribution < -0.4 is 0 Å². The second-order valence-corrected chi connectivity index (χ2v) is 5.93. The molecule has 0 aliphatic heterocycles. The lowest BCUT2D eigenvalue weighted by molar-refractivity contribution is 0.514. The normalized spacial score (nSPS) is 11.9. The molecule has 0 radical (unpaired) electrons. The Kier molecular flexibility index (Phi) is 9.65. The third-order valence-electron chi connectivity index (χ3n) is 2.36. The van der Waals surface area contributed by atoms with Gasteiger partial charge in [0.15, 0.2) is 0 Å². The van der Waals surface area contributed by atoms with Crippen LogP contribution in [-0.2, 0) is 13.7 Å². The summed E-state index contributed by atoms with van der Waals surface area (Å²) in [5.41, 5.74) is 0. The summed E-state index contributed by atoms with van der Waals surface area (Å²) in [6.45, 7) is 2.20. The van der Waals surface area contributed by atoms with Gasteiger partial charge < -0.3 is 0 Å². The third kappa shape index (κ3) is 10.5. The van der Waals surface area contributed by atoms with Crippen LogP contribution in [0.2, 0.25) is 0 Å². The van der Waals surface area contributed by atoms with Crippen molar-refractivity contribution in [2.45, 2.75) is 58.3 Å². The second-order valence-electron chi connectivity index (χ2n) is 3.81. The first kappa shape index (κ1) is 15.3. The van der Waals surface area contributed by atoms with Crippen molar-refractivity contribution in [3.05, 3.63) is 0 Å². The highest BCUT2D eigenvalue weighted by Crippen LogP contribution is 2.09. The van der Waals surface area contributed by atoms with E-state index in [1.54, 1.807) is 0 Å². The first-order valence-corrected chi connectivity index (χ1v) is 7.62. The van der Waals surface area contributed by atoms with Gasteiger partial charge >= 0.3 is 0 Å². The molecule has 0 aromatic carbocycles. The number of unbranched alkanes of at least 4 members (excludes halogenated alkanes) is 7. The van der Waals surface area contributed by atoms with Crippen molar-refractivity contribution in [1.82, 2.24) is 0 Å². The molecule has 0 heterocycles. The Bertz CT molecular complexity index is 225. The van der Waals surface area contributed by atoms with Crippen LogP contribution in [0.15, 0.2) is 0 Å². The average Bonchev–Trinajstić information content (AvgIpc) is 2.22. The fourth-order valence-corrected chi connectivity index (χ4v) is 2.31. The molecule has 0 saturated heterocycles. The van der Waals surface area contributed by atoms with Gasteiger partial charge in [0.1, 0.15) is 0 Å². The summed E-state index contributed by atoms with van der Waals surface area (Å²) < 4.78 is 25.8. The molecule has 0 bridgehead atoms. The predicted octanol–water partition coefficient (Wildman–Crippen LogP) is 3.32. The van der Waals surface area contributed by atoms with Crippen molar-refractivity contribution < 1.29 is 12.0 Å². The van der Waals surface area contributed by atoms with Crippen LogP contribution in [0.5, 0.6) is 0 Å². The first-order chi connectivity index (χ1) is 7.12. The highest BCUT2D eigenvalue weighted by Gasteiger charge is 2.07. The van der Waals surface area contributed by atoms with Gasteiger partial charge in [0.25, 0.3) is 10.1 Å². The summed E-state index contributed by atoms with van der Waals surface area (Å²) in [4.78, 5) is 0. The molecule has 0 aromatic rings. The zero-order chi connectivity index (χ0) is 11.6. The van der Waals surface area contributed by atoms with Crippen molar-refractivity contribution >= 4 is 23.0 Å². The van der Waals surface area contributed by atoms with Crippen molar-refractivity contribution in [3.63, 3.8) is 0 Å². The van der Waals surface area contributed by atoms with Crippen molar-refractivity contribution in [3.8, 4) is 0 Å². The van der Waals surface area contributed by atoms with E-state index in [2.05, 4.69) is 23.5 Å². The third-order valence-corrected chi connectivity index (χ3v) is 4.06. The summed E-state index contributed by atoms with van der Waals surface area (Å²) in [6, 6.07) is 0. The van der Waals surface area contributed by atoms with Gasteiger partial charge in [-0.2, -0.15) is 8.42 Å². The van der Waals surface area contributed by atoms with E-state index < -0.39 is 10.1 Å². The monoisotopic (exact) mass is 254 g/mol. The summed E-state index contributed by atoms with van der Waals surface area (Å²) >= 11 is 3.30. The quantitative estimate of drug-likeness (QED) is 0.369. The summed E-state index contributed by atoms with van der Waals surface area (Å²) in [5, 5.41) is 0. The van der Waals surface area contributed by atoms with Gasteiger partial charge in [-0.05, 0) is 19.3 Å². The van der Waals surface area contributed by atoms with Crippen molar-refractivity contribution in [2.75, 3.05) is 5.75 Å². The Balaban J connectivity index is 3.19. The minimum Gasteiger partial charge on any atom is -0.201 e. The molecule has 5 heteroatoms. The largest absolute Gasteiger partial charge is 0.277 e. The highest BCUT2D eigenvalue weighted by molar-refractivity contribution is 7.95. The van der Waals surface area contributed by atoms with Gasteiger partial charge in [0, 0.05) is 0 Å². The van der Waals surface area contributed by atoms with Gasteiger partial charge in [0.05, 0.1) is 5.75 Å². The van der Waals surface area contributed by atoms with Gasteiger partial charge in [-0.15, -0.1) is 0 Å². The number of thiol groups is 1. The molecule has 0 fully saturated rings. The lowest BCUT2D eigenvalue weighted by Crippen LogP contribution is -2.04. The zero-order valence-electron chi connectivity index (χ0n) is 9.44. The Morgan fingerprint density at radius 1 is 0.933 bits per heavy atom. The number of rotatable bonds is 10. The molecule has 0 aromatic heterocycles. The van der Waals surface area contributed by atoms with Crippen LogP contribution in [0.25, 0.3) is 0 Å². The van der Waals surface area contributed by atoms with Gasteiger partial charge in [0.2, 0.25) is 0 Å². The Morgan fingerprint density at radius 3 is 1.87 bits per heavy atom. The molecule has 0 aliphatic rings. The van der Waals surface area contributed by atoms with E-state index in [4.69, 9.17) is 0 Å². The molecule has 0 saturated carbocycles. The molecule has 0 unspecified atom stereocenters. The SMILES string of the molecule is CCCCCCCCCCS(=O)(=O)OS. The van der Waals surface area contributed by atoms with E-state index >= 15 is 0 Å². The molecule has 3 nitrogen and oxygen atoms in total. The van der Waals surface area contributed by atoms with Gasteiger partial charge in [-0.25, -0.2) is 3.63 Å². The van der Waals surface area contributed by atoms with E-state index in [9.17, 15) is 8.42 Å². The molecule has 0 aliphatic carbocycles. The van der Waals surface area contributed by atoms with E-state index in [0.29, 0.717) is 6.42 Å². The van der Waals surface area contributed by atoms with Crippen LogP contribution >= 0.6 is 12.9 Å². The van der Waals surface area contributed by atoms with E-state index in [1.165, 1.54) is 32.1 Å². The van der Waals surface area contributed by atoms with Gasteiger partial charge in [-0.1, -0.05) is 51.9 Å². The Labute approximate surface area is 99.3 Å². The lowest BCUT2D eigenvalue weighted by atomic mass is 10.1. The Morgan fingerprint density at radius 2 is 1.40 bits per heavy atom. The predicted molar refractivity (Wildman–Crippen MR) is 66.5 cm³/mol. The minimum atomic E-state index is -3.36. The molecular weight excluding hydrogens is 232 g/mol. The maximum absolute atomic E-state index is 10.9. The van der Waals surface area contributed by atoms with Crippen LogP contribution in [-0.4, -0.2) is 14.2 Å². The lowest BCUT2D eigenvalue weighted by Gasteiger charge is -2.01. The zero-order valence-corrected chi connectivity index (χ0v) is 11.2. The van der Waals surface area contributed by atoms with Gasteiger partial charge in [-0.3, -0.25) is 0 Å². The maximum Gasteiger partial charge on any atom is 0.277 e. The average molecular weight is 254 g/mol. The number of hydrogen-bond acceptors (Lipinski definition) is 4. The molecule has 92 valence electrons. The highest BCUT2D eigenvalue weighted by atomic mass is 32.3. The summed E-state index contributed by atoms with van der Waals surface area (Å²) in [5.74, 6) is 0.0888. The standard InChI is InChI=1S/C10H22O3S2/c1-2-3-4-5-6-7-8-9-10-15(11,12)13-14/h14H,2-10H2,1H3. The van der Waals surface area contributed by atoms with E-state index in [-0.39, 0.29) is 5.75 Å². The van der Waals surface area contributed by atoms with Crippen molar-refractivity contribution in [2.24, 2.45) is 0 Å². The molecule has 0 rings (SSSR count). The number of hydrogen-bond donors (Lipinski definition) is 1. The fourth-order valence-electron chi connectivity index (χ4n) is 1.45. The smallest absolute Gasteiger partial charge is 0.201 e. The fraction of sp³-hybridized carbons (Fsp3) is 1.00. The van der Waals surface area contributed by atoms with E-state index in [1.807, 2.05) is 0 Å². The molecule has 15 heavy (non-hydrogen) atoms. The summed E-state index contributed by atoms with van der Waals surface area (Å²) in [7, 11) is -3.36. The maximum atomic E-state index is 10.9. The molecule has 0 atom stereocenters. The second kappa shape index (κ2) is 9.48. The van der Waals surface area contributed by atoms with Crippen LogP contribution in [0.1, 0.15) is 58.3 Å². The molecule has 0 N–H and O–H groups in total. The van der Waals surface area contributed by atoms with Crippen LogP contribution in [0, 0.1) is 0 Å².